The van der Waals surface area contributed by atoms with Crippen molar-refractivity contribution in [3.63, 3.8) is 0 Å². The second-order valence-corrected chi connectivity index (χ2v) is 3.93. The van der Waals surface area contributed by atoms with Crippen LogP contribution in [0, 0.1) is 0 Å². The average Bonchev–Trinajstić information content (AvgIpc) is 2.33. The van der Waals surface area contributed by atoms with E-state index in [1.54, 1.807) is 6.07 Å². The molecule has 0 aliphatic rings. The summed E-state index contributed by atoms with van der Waals surface area (Å²) in [5, 5.41) is 3.09. The Hall–Kier alpha value is -1.07. The standard InChI is InChI=1S/C13H18F3NO/c1-2-18-8-4-7-17-10-11-5-3-6-12(9-11)13(14,15)16/h3,5-6,9,17H,2,4,7-8,10H2,1H3. The van der Waals surface area contributed by atoms with Gasteiger partial charge in [0.2, 0.25) is 0 Å². The van der Waals surface area contributed by atoms with E-state index in [0.29, 0.717) is 25.3 Å². The van der Waals surface area contributed by atoms with Gasteiger partial charge in [-0.05, 0) is 31.5 Å². The zero-order valence-corrected chi connectivity index (χ0v) is 10.4. The normalized spacial score (nSPS) is 11.8. The zero-order valence-electron chi connectivity index (χ0n) is 10.4. The molecule has 0 atom stereocenters. The van der Waals surface area contributed by atoms with E-state index in [1.165, 1.54) is 12.1 Å². The molecule has 0 spiro atoms. The van der Waals surface area contributed by atoms with Crippen LogP contribution in [0.3, 0.4) is 0 Å². The third kappa shape index (κ3) is 5.51. The lowest BCUT2D eigenvalue weighted by Crippen LogP contribution is -2.17. The second-order valence-electron chi connectivity index (χ2n) is 3.93. The van der Waals surface area contributed by atoms with Gasteiger partial charge >= 0.3 is 6.18 Å². The molecule has 0 radical (unpaired) electrons. The molecular formula is C13H18F3NO. The van der Waals surface area contributed by atoms with Gasteiger partial charge in [-0.3, -0.25) is 0 Å². The van der Waals surface area contributed by atoms with Crippen molar-refractivity contribution in [3.05, 3.63) is 35.4 Å². The van der Waals surface area contributed by atoms with Gasteiger partial charge in [0, 0.05) is 19.8 Å². The van der Waals surface area contributed by atoms with Crippen LogP contribution in [0.15, 0.2) is 24.3 Å². The van der Waals surface area contributed by atoms with Crippen LogP contribution in [0.5, 0.6) is 0 Å². The van der Waals surface area contributed by atoms with Crippen LogP contribution in [-0.2, 0) is 17.5 Å². The Morgan fingerprint density at radius 2 is 2.06 bits per heavy atom. The number of benzene rings is 1. The minimum absolute atomic E-state index is 0.441. The summed E-state index contributed by atoms with van der Waals surface area (Å²) in [6.07, 6.45) is -3.42. The molecule has 5 heteroatoms. The van der Waals surface area contributed by atoms with Gasteiger partial charge in [0.25, 0.3) is 0 Å². The topological polar surface area (TPSA) is 21.3 Å². The highest BCUT2D eigenvalue weighted by molar-refractivity contribution is 5.25. The monoisotopic (exact) mass is 261 g/mol. The fourth-order valence-electron chi connectivity index (χ4n) is 1.53. The Labute approximate surface area is 105 Å². The van der Waals surface area contributed by atoms with Crippen molar-refractivity contribution in [3.8, 4) is 0 Å². The Morgan fingerprint density at radius 3 is 2.72 bits per heavy atom. The maximum Gasteiger partial charge on any atom is 0.416 e. The first-order valence-electron chi connectivity index (χ1n) is 5.98. The van der Waals surface area contributed by atoms with Crippen molar-refractivity contribution >= 4 is 0 Å². The lowest BCUT2D eigenvalue weighted by Gasteiger charge is -2.09. The van der Waals surface area contributed by atoms with E-state index in [2.05, 4.69) is 5.32 Å². The highest BCUT2D eigenvalue weighted by Gasteiger charge is 2.30. The molecule has 18 heavy (non-hydrogen) atoms. The van der Waals surface area contributed by atoms with Gasteiger partial charge < -0.3 is 10.1 Å². The highest BCUT2D eigenvalue weighted by atomic mass is 19.4. The summed E-state index contributed by atoms with van der Waals surface area (Å²) >= 11 is 0. The third-order valence-electron chi connectivity index (χ3n) is 2.43. The quantitative estimate of drug-likeness (QED) is 0.761. The SMILES string of the molecule is CCOCCCNCc1cccc(C(F)(F)F)c1. The molecule has 1 aromatic carbocycles. The molecule has 0 heterocycles. The molecule has 0 saturated heterocycles. The number of hydrogen-bond acceptors (Lipinski definition) is 2. The number of hydrogen-bond donors (Lipinski definition) is 1. The van der Waals surface area contributed by atoms with Crippen LogP contribution >= 0.6 is 0 Å². The number of ether oxygens (including phenoxy) is 1. The van der Waals surface area contributed by atoms with Crippen molar-refractivity contribution in [2.45, 2.75) is 26.1 Å². The number of alkyl halides is 3. The van der Waals surface area contributed by atoms with Gasteiger partial charge in [0.05, 0.1) is 5.56 Å². The molecule has 102 valence electrons. The van der Waals surface area contributed by atoms with Gasteiger partial charge in [0.15, 0.2) is 0 Å². The summed E-state index contributed by atoms with van der Waals surface area (Å²) in [6, 6.07) is 5.37. The Morgan fingerprint density at radius 1 is 1.28 bits per heavy atom. The summed E-state index contributed by atoms with van der Waals surface area (Å²) < 4.78 is 42.5. The summed E-state index contributed by atoms with van der Waals surface area (Å²) in [6.45, 7) is 4.46. The van der Waals surface area contributed by atoms with Gasteiger partial charge in [0.1, 0.15) is 0 Å². The molecule has 1 rings (SSSR count). The summed E-state index contributed by atoms with van der Waals surface area (Å²) in [5.74, 6) is 0. The van der Waals surface area contributed by atoms with Gasteiger partial charge in [-0.25, -0.2) is 0 Å². The molecule has 1 N–H and O–H groups in total. The molecule has 0 unspecified atom stereocenters. The minimum atomic E-state index is -4.27. The molecule has 0 aromatic heterocycles. The Bertz CT molecular complexity index is 352. The van der Waals surface area contributed by atoms with E-state index in [1.807, 2.05) is 6.92 Å². The molecule has 0 fully saturated rings. The maximum atomic E-state index is 12.5. The van der Waals surface area contributed by atoms with Crippen LogP contribution in [-0.4, -0.2) is 19.8 Å². The van der Waals surface area contributed by atoms with E-state index in [9.17, 15) is 13.2 Å². The molecule has 0 aliphatic heterocycles. The van der Waals surface area contributed by atoms with Crippen molar-refractivity contribution in [2.75, 3.05) is 19.8 Å². The van der Waals surface area contributed by atoms with E-state index in [-0.39, 0.29) is 0 Å². The molecular weight excluding hydrogens is 243 g/mol. The number of halogens is 3. The van der Waals surface area contributed by atoms with E-state index < -0.39 is 11.7 Å². The first kappa shape index (κ1) is 15.0. The number of nitrogens with one attached hydrogen (secondary N) is 1. The van der Waals surface area contributed by atoms with Crippen LogP contribution in [0.25, 0.3) is 0 Å². The maximum absolute atomic E-state index is 12.5. The zero-order chi connectivity index (χ0) is 13.4. The Kier molecular flexibility index (Phi) is 6.15. The van der Waals surface area contributed by atoms with Crippen LogP contribution in [0.1, 0.15) is 24.5 Å². The average molecular weight is 261 g/mol. The molecule has 0 amide bonds. The van der Waals surface area contributed by atoms with Crippen LogP contribution in [0.4, 0.5) is 13.2 Å². The van der Waals surface area contributed by atoms with Crippen LogP contribution in [0.2, 0.25) is 0 Å². The highest BCUT2D eigenvalue weighted by Crippen LogP contribution is 2.29. The molecule has 0 aliphatic carbocycles. The van der Waals surface area contributed by atoms with E-state index in [4.69, 9.17) is 4.74 Å². The fourth-order valence-corrected chi connectivity index (χ4v) is 1.53. The molecule has 2 nitrogen and oxygen atoms in total. The summed E-state index contributed by atoms with van der Waals surface area (Å²) in [4.78, 5) is 0. The van der Waals surface area contributed by atoms with Gasteiger partial charge in [-0.1, -0.05) is 18.2 Å². The van der Waals surface area contributed by atoms with Gasteiger partial charge in [-0.15, -0.1) is 0 Å². The smallest absolute Gasteiger partial charge is 0.382 e. The molecule has 0 saturated carbocycles. The number of rotatable bonds is 7. The summed E-state index contributed by atoms with van der Waals surface area (Å²) in [5.41, 5.74) is 0.0392. The predicted molar refractivity (Wildman–Crippen MR) is 64.3 cm³/mol. The lowest BCUT2D eigenvalue weighted by atomic mass is 10.1. The fraction of sp³-hybridized carbons (Fsp3) is 0.538. The van der Waals surface area contributed by atoms with E-state index in [0.717, 1.165) is 19.0 Å². The van der Waals surface area contributed by atoms with Gasteiger partial charge in [-0.2, -0.15) is 13.2 Å². The largest absolute Gasteiger partial charge is 0.416 e. The molecule has 1 aromatic rings. The summed E-state index contributed by atoms with van der Waals surface area (Å²) in [7, 11) is 0. The first-order valence-corrected chi connectivity index (χ1v) is 5.98. The second kappa shape index (κ2) is 7.38. The lowest BCUT2D eigenvalue weighted by molar-refractivity contribution is -0.137. The molecule has 0 bridgehead atoms. The van der Waals surface area contributed by atoms with Crippen molar-refractivity contribution in [1.82, 2.24) is 5.32 Å². The minimum Gasteiger partial charge on any atom is -0.382 e. The van der Waals surface area contributed by atoms with E-state index >= 15 is 0 Å². The Balaban J connectivity index is 2.34. The predicted octanol–water partition coefficient (Wildman–Crippen LogP) is 3.22. The van der Waals surface area contributed by atoms with Crippen LogP contribution < -0.4 is 5.32 Å². The van der Waals surface area contributed by atoms with Crippen molar-refractivity contribution in [2.24, 2.45) is 0 Å². The third-order valence-corrected chi connectivity index (χ3v) is 2.43. The van der Waals surface area contributed by atoms with Crippen molar-refractivity contribution < 1.29 is 17.9 Å². The first-order chi connectivity index (χ1) is 8.54. The van der Waals surface area contributed by atoms with Crippen molar-refractivity contribution in [1.29, 1.82) is 0 Å².